The van der Waals surface area contributed by atoms with Gasteiger partial charge in [-0.2, -0.15) is 0 Å². The molecule has 0 aromatic carbocycles. The van der Waals surface area contributed by atoms with Gasteiger partial charge in [0.15, 0.2) is 5.60 Å². The van der Waals surface area contributed by atoms with E-state index < -0.39 is 11.6 Å². The number of carbonyl (C=O) groups is 2. The molecule has 1 aliphatic heterocycles. The molecule has 0 aromatic heterocycles. The Kier molecular flexibility index (Phi) is 3.96. The fourth-order valence-electron chi connectivity index (χ4n) is 2.16. The number of piperazine rings is 1. The van der Waals surface area contributed by atoms with E-state index >= 15 is 0 Å². The predicted octanol–water partition coefficient (Wildman–Crippen LogP) is -0.688. The molecule has 2 aliphatic rings. The van der Waals surface area contributed by atoms with E-state index in [1.165, 1.54) is 19.8 Å². The largest absolute Gasteiger partial charge is 0.479 e. The van der Waals surface area contributed by atoms with E-state index in [1.807, 2.05) is 0 Å². The molecule has 1 aliphatic carbocycles. The summed E-state index contributed by atoms with van der Waals surface area (Å²) >= 11 is 0. The zero-order chi connectivity index (χ0) is 14.0. The van der Waals surface area contributed by atoms with E-state index in [1.54, 1.807) is 4.90 Å². The van der Waals surface area contributed by atoms with Crippen LogP contribution >= 0.6 is 0 Å². The van der Waals surface area contributed by atoms with Gasteiger partial charge in [-0.1, -0.05) is 0 Å². The van der Waals surface area contributed by atoms with E-state index in [-0.39, 0.29) is 12.6 Å². The lowest BCUT2D eigenvalue weighted by molar-refractivity contribution is -0.155. The molecule has 1 saturated carbocycles. The summed E-state index contributed by atoms with van der Waals surface area (Å²) in [6.07, 6.45) is 2.52. The van der Waals surface area contributed by atoms with Crippen LogP contribution in [0.25, 0.3) is 0 Å². The summed E-state index contributed by atoms with van der Waals surface area (Å²) in [5, 5.41) is 20.7. The molecule has 2 rings (SSSR count). The van der Waals surface area contributed by atoms with Gasteiger partial charge in [0.05, 0.1) is 6.54 Å². The van der Waals surface area contributed by atoms with Crippen LogP contribution in [-0.2, 0) is 4.79 Å². The monoisotopic (exact) mass is 271 g/mol. The van der Waals surface area contributed by atoms with Gasteiger partial charge in [0, 0.05) is 32.2 Å². The summed E-state index contributed by atoms with van der Waals surface area (Å²) in [6, 6.07) is 0.398. The number of aliphatic carboxylic acids is 1. The first-order chi connectivity index (χ1) is 8.90. The van der Waals surface area contributed by atoms with Crippen LogP contribution in [0.1, 0.15) is 19.8 Å². The third-order valence-electron chi connectivity index (χ3n) is 3.71. The first kappa shape index (κ1) is 14.1. The smallest absolute Gasteiger partial charge is 0.337 e. The molecule has 3 N–H and O–H groups in total. The molecule has 1 saturated heterocycles. The first-order valence-corrected chi connectivity index (χ1v) is 6.63. The van der Waals surface area contributed by atoms with E-state index in [2.05, 4.69) is 10.2 Å². The second-order valence-corrected chi connectivity index (χ2v) is 5.49. The summed E-state index contributed by atoms with van der Waals surface area (Å²) in [7, 11) is 0. The van der Waals surface area contributed by atoms with Crippen molar-refractivity contribution in [3.63, 3.8) is 0 Å². The third kappa shape index (κ3) is 3.57. The zero-order valence-corrected chi connectivity index (χ0v) is 11.1. The number of nitrogens with one attached hydrogen (secondary N) is 1. The van der Waals surface area contributed by atoms with Crippen molar-refractivity contribution in [3.8, 4) is 0 Å². The maximum absolute atomic E-state index is 11.9. The normalized spacial score (nSPS) is 23.8. The van der Waals surface area contributed by atoms with E-state index in [0.29, 0.717) is 19.1 Å². The van der Waals surface area contributed by atoms with Gasteiger partial charge in [0.2, 0.25) is 0 Å². The van der Waals surface area contributed by atoms with Crippen LogP contribution in [0.5, 0.6) is 0 Å². The van der Waals surface area contributed by atoms with Gasteiger partial charge >= 0.3 is 12.0 Å². The maximum Gasteiger partial charge on any atom is 0.337 e. The highest BCUT2D eigenvalue weighted by Gasteiger charge is 2.34. The average Bonchev–Trinajstić information content (AvgIpc) is 3.20. The molecule has 0 spiro atoms. The molecule has 0 radical (unpaired) electrons. The SMILES string of the molecule is CC(O)(CNC(=O)N1CCN(C2CC2)CC1)C(=O)O. The van der Waals surface area contributed by atoms with Crippen LogP contribution in [0.3, 0.4) is 0 Å². The Labute approximate surface area is 112 Å². The zero-order valence-electron chi connectivity index (χ0n) is 11.1. The molecule has 7 heteroatoms. The van der Waals surface area contributed by atoms with Crippen LogP contribution in [-0.4, -0.2) is 76.4 Å². The van der Waals surface area contributed by atoms with E-state index in [4.69, 9.17) is 5.11 Å². The summed E-state index contributed by atoms with van der Waals surface area (Å²) in [5.74, 6) is -1.34. The summed E-state index contributed by atoms with van der Waals surface area (Å²) < 4.78 is 0. The maximum atomic E-state index is 11.9. The third-order valence-corrected chi connectivity index (χ3v) is 3.71. The lowest BCUT2D eigenvalue weighted by atomic mass is 10.1. The Morgan fingerprint density at radius 1 is 1.26 bits per heavy atom. The Hall–Kier alpha value is -1.34. The molecular weight excluding hydrogens is 250 g/mol. The van der Waals surface area contributed by atoms with Crippen LogP contribution in [0, 0.1) is 0 Å². The molecule has 2 fully saturated rings. The number of nitrogens with zero attached hydrogens (tertiary/aromatic N) is 2. The predicted molar refractivity (Wildman–Crippen MR) is 67.8 cm³/mol. The van der Waals surface area contributed by atoms with Crippen molar-refractivity contribution in [2.45, 2.75) is 31.4 Å². The van der Waals surface area contributed by atoms with Crippen molar-refractivity contribution in [2.75, 3.05) is 32.7 Å². The Bertz CT molecular complexity index is 360. The quantitative estimate of drug-likeness (QED) is 0.629. The molecule has 7 nitrogen and oxygen atoms in total. The fourth-order valence-corrected chi connectivity index (χ4v) is 2.16. The Morgan fingerprint density at radius 2 is 1.84 bits per heavy atom. The van der Waals surface area contributed by atoms with E-state index in [0.717, 1.165) is 13.1 Å². The minimum absolute atomic E-state index is 0.288. The van der Waals surface area contributed by atoms with Crippen molar-refractivity contribution in [1.82, 2.24) is 15.1 Å². The molecule has 0 bridgehead atoms. The lowest BCUT2D eigenvalue weighted by Crippen LogP contribution is -2.55. The Balaban J connectivity index is 1.73. The molecule has 1 unspecified atom stereocenters. The van der Waals surface area contributed by atoms with Gasteiger partial charge in [-0.05, 0) is 19.8 Å². The highest BCUT2D eigenvalue weighted by atomic mass is 16.4. The number of hydrogen-bond donors (Lipinski definition) is 3. The second kappa shape index (κ2) is 5.34. The van der Waals surface area contributed by atoms with Crippen LogP contribution in [0.2, 0.25) is 0 Å². The highest BCUT2D eigenvalue weighted by Crippen LogP contribution is 2.27. The minimum atomic E-state index is -1.93. The number of carboxylic acids is 1. The molecule has 2 amide bonds. The van der Waals surface area contributed by atoms with E-state index in [9.17, 15) is 14.7 Å². The van der Waals surface area contributed by atoms with Gasteiger partial charge in [-0.25, -0.2) is 9.59 Å². The van der Waals surface area contributed by atoms with Crippen LogP contribution in [0.4, 0.5) is 4.79 Å². The van der Waals surface area contributed by atoms with Crippen molar-refractivity contribution < 1.29 is 19.8 Å². The molecule has 0 aromatic rings. The molecule has 19 heavy (non-hydrogen) atoms. The number of carbonyl (C=O) groups excluding carboxylic acids is 1. The molecule has 108 valence electrons. The van der Waals surface area contributed by atoms with Gasteiger partial charge in [-0.15, -0.1) is 0 Å². The standard InChI is InChI=1S/C12H21N3O4/c1-12(19,10(16)17)8-13-11(18)15-6-4-14(5-7-15)9-2-3-9/h9,19H,2-8H2,1H3,(H,13,18)(H,16,17). The van der Waals surface area contributed by atoms with Crippen molar-refractivity contribution >= 4 is 12.0 Å². The Morgan fingerprint density at radius 3 is 2.32 bits per heavy atom. The summed E-state index contributed by atoms with van der Waals surface area (Å²) in [5.41, 5.74) is -1.93. The van der Waals surface area contributed by atoms with Gasteiger partial charge in [-0.3, -0.25) is 4.90 Å². The highest BCUT2D eigenvalue weighted by molar-refractivity contribution is 5.79. The fraction of sp³-hybridized carbons (Fsp3) is 0.833. The minimum Gasteiger partial charge on any atom is -0.479 e. The number of aliphatic hydroxyl groups is 1. The molecular formula is C12H21N3O4. The number of carboxylic acid groups (broad SMARTS) is 1. The van der Waals surface area contributed by atoms with Crippen molar-refractivity contribution in [2.24, 2.45) is 0 Å². The summed E-state index contributed by atoms with van der Waals surface area (Å²) in [6.45, 7) is 3.92. The average molecular weight is 271 g/mol. The molecule has 1 heterocycles. The number of hydrogen-bond acceptors (Lipinski definition) is 4. The number of amides is 2. The lowest BCUT2D eigenvalue weighted by Gasteiger charge is -2.35. The van der Waals surface area contributed by atoms with Crippen LogP contribution < -0.4 is 5.32 Å². The number of rotatable bonds is 4. The van der Waals surface area contributed by atoms with Crippen molar-refractivity contribution in [1.29, 1.82) is 0 Å². The summed E-state index contributed by atoms with van der Waals surface area (Å²) in [4.78, 5) is 26.6. The molecule has 1 atom stereocenters. The topological polar surface area (TPSA) is 93.1 Å². The first-order valence-electron chi connectivity index (χ1n) is 6.63. The van der Waals surface area contributed by atoms with Gasteiger partial charge in [0.1, 0.15) is 0 Å². The number of urea groups is 1. The van der Waals surface area contributed by atoms with Crippen molar-refractivity contribution in [3.05, 3.63) is 0 Å². The van der Waals surface area contributed by atoms with Gasteiger partial charge < -0.3 is 20.4 Å². The van der Waals surface area contributed by atoms with Crippen LogP contribution in [0.15, 0.2) is 0 Å². The van der Waals surface area contributed by atoms with Gasteiger partial charge in [0.25, 0.3) is 0 Å². The second-order valence-electron chi connectivity index (χ2n) is 5.49.